The summed E-state index contributed by atoms with van der Waals surface area (Å²) in [5.74, 6) is -0.282. The summed E-state index contributed by atoms with van der Waals surface area (Å²) in [5, 5.41) is 87.6. The standard InChI is InChI=1S/C88H147NO13/c1-3-5-7-9-11-13-15-17-19-21-23-25-27-29-31-33-35-37-38-40-42-44-46-48-50-52-54-56-58-60-62-64-66-68-70-72-80(93)89-76(75-99-87-85(98)83(96)86(79(74-91)101-87)102-88-84(97)82(95)81(94)78(73-90)100-88)77(92)71-69-67-65-63-61-59-57-55-53-51-49-47-45-43-41-39-36-34-32-30-28-26-24-22-20-18-16-14-12-10-8-6-4-2/h5,7,11,13,17,19,23,25,29,31,35,37,40,42,46,48,52-55,58,60-61,63,69,71,76-79,81-88,90-92,94-98H,3-4,6,8-10,12,14-16,18,20-22,24,26-28,30,32-34,36,38-39,41,43-45,47,49-51,56-57,59,62,64-68,70,72-75H2,1-2H3,(H,89,93)/b7-5-,13-11-,19-17-,25-23-,31-29-,37-35-,42-40-,48-46-,54-52-,55-53+,60-58-,63-61+,71-69+. The number of carbonyl (C=O) groups is 1. The summed E-state index contributed by atoms with van der Waals surface area (Å²) in [6.45, 7) is 2.66. The maximum atomic E-state index is 13.4. The van der Waals surface area contributed by atoms with Crippen LogP contribution in [0.3, 0.4) is 0 Å². The van der Waals surface area contributed by atoms with Crippen molar-refractivity contribution in [1.82, 2.24) is 5.32 Å². The zero-order chi connectivity index (χ0) is 73.7. The molecule has 102 heavy (non-hydrogen) atoms. The number of unbranched alkanes of at least 4 members (excludes halogenated alkanes) is 29. The zero-order valence-electron chi connectivity index (χ0n) is 63.8. The van der Waals surface area contributed by atoms with E-state index in [1.54, 1.807) is 6.08 Å². The van der Waals surface area contributed by atoms with Crippen molar-refractivity contribution in [3.05, 3.63) is 158 Å². The van der Waals surface area contributed by atoms with Crippen molar-refractivity contribution in [3.8, 4) is 0 Å². The van der Waals surface area contributed by atoms with Gasteiger partial charge in [-0.05, 0) is 122 Å². The van der Waals surface area contributed by atoms with Gasteiger partial charge in [0.2, 0.25) is 5.91 Å². The summed E-state index contributed by atoms with van der Waals surface area (Å²) in [7, 11) is 0. The molecule has 14 heteroatoms. The molecule has 0 aliphatic carbocycles. The molecule has 0 aromatic heterocycles. The van der Waals surface area contributed by atoms with E-state index in [1.807, 2.05) is 6.08 Å². The van der Waals surface area contributed by atoms with Crippen molar-refractivity contribution in [1.29, 1.82) is 0 Å². The van der Waals surface area contributed by atoms with Gasteiger partial charge in [-0.25, -0.2) is 0 Å². The largest absolute Gasteiger partial charge is 0.394 e. The number of ether oxygens (including phenoxy) is 4. The number of aliphatic hydroxyl groups excluding tert-OH is 8. The van der Waals surface area contributed by atoms with Gasteiger partial charge in [0.1, 0.15) is 48.8 Å². The lowest BCUT2D eigenvalue weighted by Crippen LogP contribution is -2.65. The lowest BCUT2D eigenvalue weighted by Gasteiger charge is -2.46. The number of nitrogens with one attached hydrogen (secondary N) is 1. The molecule has 9 N–H and O–H groups in total. The minimum atomic E-state index is -1.81. The molecule has 2 rings (SSSR count). The van der Waals surface area contributed by atoms with Crippen LogP contribution in [0.15, 0.2) is 158 Å². The van der Waals surface area contributed by atoms with Gasteiger partial charge in [-0.3, -0.25) is 4.79 Å². The molecule has 0 aromatic carbocycles. The Labute approximate surface area is 620 Å². The Morgan fingerprint density at radius 2 is 0.686 bits per heavy atom. The Balaban J connectivity index is 1.68. The summed E-state index contributed by atoms with van der Waals surface area (Å²) in [6, 6.07) is -0.967. The van der Waals surface area contributed by atoms with Gasteiger partial charge in [0.15, 0.2) is 12.6 Å². The Kier molecular flexibility index (Phi) is 64.0. The molecule has 0 bridgehead atoms. The summed E-state index contributed by atoms with van der Waals surface area (Å²) < 4.78 is 22.9. The Hall–Kier alpha value is -4.39. The van der Waals surface area contributed by atoms with Crippen LogP contribution in [0.25, 0.3) is 0 Å². The highest BCUT2D eigenvalue weighted by Gasteiger charge is 2.51. The third-order valence-corrected chi connectivity index (χ3v) is 18.7. The Morgan fingerprint density at radius 1 is 0.363 bits per heavy atom. The summed E-state index contributed by atoms with van der Waals surface area (Å²) in [5.41, 5.74) is 0. The lowest BCUT2D eigenvalue weighted by atomic mass is 9.97. The molecular weight excluding hydrogens is 1280 g/mol. The van der Waals surface area contributed by atoms with Gasteiger partial charge in [0.05, 0.1) is 32.0 Å². The molecule has 14 nitrogen and oxygen atoms in total. The molecule has 0 radical (unpaired) electrons. The van der Waals surface area contributed by atoms with Crippen LogP contribution in [0, 0.1) is 0 Å². The van der Waals surface area contributed by atoms with Crippen LogP contribution in [0.4, 0.5) is 0 Å². The third kappa shape index (κ3) is 51.7. The molecule has 2 fully saturated rings. The van der Waals surface area contributed by atoms with E-state index in [-0.39, 0.29) is 18.9 Å². The highest BCUT2D eigenvalue weighted by molar-refractivity contribution is 5.76. The number of amides is 1. The van der Waals surface area contributed by atoms with Crippen molar-refractivity contribution in [2.24, 2.45) is 0 Å². The minimum Gasteiger partial charge on any atom is -0.394 e. The first-order chi connectivity index (χ1) is 50.1. The van der Waals surface area contributed by atoms with Gasteiger partial charge in [-0.1, -0.05) is 326 Å². The van der Waals surface area contributed by atoms with Gasteiger partial charge < -0.3 is 65.1 Å². The minimum absolute atomic E-state index is 0.229. The van der Waals surface area contributed by atoms with E-state index < -0.39 is 86.8 Å². The van der Waals surface area contributed by atoms with Gasteiger partial charge >= 0.3 is 0 Å². The van der Waals surface area contributed by atoms with Crippen LogP contribution >= 0.6 is 0 Å². The van der Waals surface area contributed by atoms with E-state index in [4.69, 9.17) is 18.9 Å². The fourth-order valence-corrected chi connectivity index (χ4v) is 12.3. The number of hydrogen-bond donors (Lipinski definition) is 9. The van der Waals surface area contributed by atoms with Crippen LogP contribution in [0.2, 0.25) is 0 Å². The van der Waals surface area contributed by atoms with E-state index in [0.29, 0.717) is 12.8 Å². The van der Waals surface area contributed by atoms with Crippen molar-refractivity contribution >= 4 is 5.91 Å². The quantitative estimate of drug-likeness (QED) is 0.0204. The van der Waals surface area contributed by atoms with E-state index >= 15 is 0 Å². The van der Waals surface area contributed by atoms with E-state index in [1.165, 1.54) is 148 Å². The average Bonchev–Trinajstić information content (AvgIpc) is 0.790. The van der Waals surface area contributed by atoms with Crippen LogP contribution in [-0.4, -0.2) is 140 Å². The molecule has 0 spiro atoms. The number of allylic oxidation sites excluding steroid dienone is 25. The fraction of sp³-hybridized carbons (Fsp3) is 0.693. The van der Waals surface area contributed by atoms with Crippen molar-refractivity contribution in [2.45, 2.75) is 370 Å². The Bertz CT molecular complexity index is 2330. The lowest BCUT2D eigenvalue weighted by molar-refractivity contribution is -0.359. The maximum Gasteiger partial charge on any atom is 0.220 e. The molecule has 1 amide bonds. The van der Waals surface area contributed by atoms with Crippen LogP contribution in [0.1, 0.15) is 296 Å². The molecule has 12 unspecified atom stereocenters. The zero-order valence-corrected chi connectivity index (χ0v) is 63.8. The number of hydrogen-bond acceptors (Lipinski definition) is 13. The van der Waals surface area contributed by atoms with E-state index in [0.717, 1.165) is 116 Å². The molecule has 2 aliphatic rings. The topological polar surface area (TPSA) is 228 Å². The number of rotatable bonds is 66. The van der Waals surface area contributed by atoms with E-state index in [9.17, 15) is 45.6 Å². The first-order valence-electron chi connectivity index (χ1n) is 40.7. The second-order valence-electron chi connectivity index (χ2n) is 27.8. The molecule has 2 saturated heterocycles. The molecule has 2 aliphatic heterocycles. The van der Waals surface area contributed by atoms with Crippen LogP contribution < -0.4 is 5.32 Å². The Morgan fingerprint density at radius 3 is 1.08 bits per heavy atom. The van der Waals surface area contributed by atoms with Crippen molar-refractivity contribution in [3.63, 3.8) is 0 Å². The molecule has 0 saturated carbocycles. The highest BCUT2D eigenvalue weighted by Crippen LogP contribution is 2.30. The monoisotopic (exact) mass is 1430 g/mol. The summed E-state index contributed by atoms with van der Waals surface area (Å²) in [6.07, 6.45) is 90.4. The number of carbonyl (C=O) groups excluding carboxylic acids is 1. The molecule has 582 valence electrons. The predicted octanol–water partition coefficient (Wildman–Crippen LogP) is 18.9. The van der Waals surface area contributed by atoms with Gasteiger partial charge in [0.25, 0.3) is 0 Å². The smallest absolute Gasteiger partial charge is 0.220 e. The van der Waals surface area contributed by atoms with Gasteiger partial charge in [-0.15, -0.1) is 0 Å². The van der Waals surface area contributed by atoms with Gasteiger partial charge in [0, 0.05) is 6.42 Å². The van der Waals surface area contributed by atoms with Gasteiger partial charge in [-0.2, -0.15) is 0 Å². The predicted molar refractivity (Wildman–Crippen MR) is 424 cm³/mol. The second-order valence-corrected chi connectivity index (χ2v) is 27.8. The third-order valence-electron chi connectivity index (χ3n) is 18.7. The van der Waals surface area contributed by atoms with Crippen molar-refractivity contribution < 1.29 is 64.6 Å². The fourth-order valence-electron chi connectivity index (χ4n) is 12.3. The number of aliphatic hydroxyl groups is 8. The maximum absolute atomic E-state index is 13.4. The van der Waals surface area contributed by atoms with Crippen LogP contribution in [-0.2, 0) is 23.7 Å². The molecule has 12 atom stereocenters. The first-order valence-corrected chi connectivity index (χ1v) is 40.7. The summed E-state index contributed by atoms with van der Waals surface area (Å²) in [4.78, 5) is 13.4. The SMILES string of the molecule is CC/C=C\C/C=C\C/C=C\C/C=C\C/C=C\C/C=C\C/C=C\C/C=C\C/C=C\C/C=C\CCCCCCC(=O)NC(COC1OC(CO)C(OC2OC(CO)C(O)C(O)C2O)C(O)C1O)C(O)/C=C/CC/C=C/CC/C=C/CCCCCCCCCCCCCCCCCCCCCCCCC. The average molecular weight is 1430 g/mol. The van der Waals surface area contributed by atoms with E-state index in [2.05, 4.69) is 165 Å². The molecule has 0 aromatic rings. The van der Waals surface area contributed by atoms with Crippen LogP contribution in [0.5, 0.6) is 0 Å². The first kappa shape index (κ1) is 93.7. The summed E-state index contributed by atoms with van der Waals surface area (Å²) >= 11 is 0. The molecular formula is C88H147NO13. The van der Waals surface area contributed by atoms with Crippen molar-refractivity contribution in [2.75, 3.05) is 19.8 Å². The highest BCUT2D eigenvalue weighted by atomic mass is 16.7. The second kappa shape index (κ2) is 69.6. The molecule has 2 heterocycles. The normalized spacial score (nSPS) is 22.5.